The molecule has 0 aliphatic heterocycles. The molecule has 1 aromatic carbocycles. The summed E-state index contributed by atoms with van der Waals surface area (Å²) in [5.41, 5.74) is 5.81. The summed E-state index contributed by atoms with van der Waals surface area (Å²) in [4.78, 5) is 10.7. The van der Waals surface area contributed by atoms with E-state index in [1.54, 1.807) is 18.2 Å². The molecule has 1 atom stereocenters. The van der Waals surface area contributed by atoms with Gasteiger partial charge in [-0.15, -0.1) is 0 Å². The number of nitrogens with one attached hydrogen (secondary N) is 1. The molecule has 0 fully saturated rings. The molecule has 0 aliphatic rings. The van der Waals surface area contributed by atoms with Crippen LogP contribution in [-0.2, 0) is 11.3 Å². The molecule has 0 aromatic heterocycles. The highest BCUT2D eigenvalue weighted by atomic mass is 16.5. The summed E-state index contributed by atoms with van der Waals surface area (Å²) in [5, 5.41) is 12.9. The summed E-state index contributed by atoms with van der Waals surface area (Å²) in [6.07, 6.45) is 0.269. The highest BCUT2D eigenvalue weighted by molar-refractivity contribution is 5.74. The first kappa shape index (κ1) is 13.3. The number of methoxy groups -OCH3 is 1. The number of phenols is 1. The Kier molecular flexibility index (Phi) is 4.78. The van der Waals surface area contributed by atoms with Crippen LogP contribution in [0, 0.1) is 0 Å². The maximum absolute atomic E-state index is 10.7. The van der Waals surface area contributed by atoms with Crippen molar-refractivity contribution < 1.29 is 14.6 Å². The van der Waals surface area contributed by atoms with E-state index < -0.39 is 0 Å². The second-order valence-corrected chi connectivity index (χ2v) is 3.92. The van der Waals surface area contributed by atoms with Gasteiger partial charge in [0.05, 0.1) is 7.11 Å². The third kappa shape index (κ3) is 3.96. The number of carbonyl (C=O) groups is 1. The van der Waals surface area contributed by atoms with Crippen molar-refractivity contribution in [2.75, 3.05) is 7.11 Å². The number of hydrogen-bond donors (Lipinski definition) is 3. The van der Waals surface area contributed by atoms with Crippen LogP contribution in [0.1, 0.15) is 18.9 Å². The smallest absolute Gasteiger partial charge is 0.218 e. The van der Waals surface area contributed by atoms with Crippen LogP contribution in [0.15, 0.2) is 18.2 Å². The molecule has 94 valence electrons. The first-order valence-electron chi connectivity index (χ1n) is 5.41. The number of carbonyl (C=O) groups excluding carboxylic acids is 1. The van der Waals surface area contributed by atoms with E-state index in [0.29, 0.717) is 12.3 Å². The molecule has 5 heteroatoms. The topological polar surface area (TPSA) is 84.6 Å². The predicted octanol–water partition coefficient (Wildman–Crippen LogP) is 0.754. The molecular formula is C12H18N2O3. The van der Waals surface area contributed by atoms with Crippen LogP contribution in [0.5, 0.6) is 11.5 Å². The second kappa shape index (κ2) is 6.10. The standard InChI is InChI=1S/C12H18N2O3/c1-8(6-11(13)15)14-7-9-4-3-5-10(17-2)12(9)16/h3-5,8,14,16H,6-7H2,1-2H3,(H2,13,15). The molecule has 1 rings (SSSR count). The van der Waals surface area contributed by atoms with Crippen molar-refractivity contribution in [3.8, 4) is 11.5 Å². The van der Waals surface area contributed by atoms with Crippen LogP contribution in [0.4, 0.5) is 0 Å². The summed E-state index contributed by atoms with van der Waals surface area (Å²) in [5.74, 6) is 0.209. The van der Waals surface area contributed by atoms with Crippen molar-refractivity contribution in [3.63, 3.8) is 0 Å². The predicted molar refractivity (Wildman–Crippen MR) is 64.8 cm³/mol. The molecule has 0 saturated heterocycles. The molecule has 5 nitrogen and oxygen atoms in total. The van der Waals surface area contributed by atoms with E-state index in [9.17, 15) is 9.90 Å². The van der Waals surface area contributed by atoms with Crippen LogP contribution in [0.2, 0.25) is 0 Å². The highest BCUT2D eigenvalue weighted by Gasteiger charge is 2.09. The zero-order valence-electron chi connectivity index (χ0n) is 10.1. The summed E-state index contributed by atoms with van der Waals surface area (Å²) in [7, 11) is 1.50. The Morgan fingerprint density at radius 1 is 1.59 bits per heavy atom. The fourth-order valence-corrected chi connectivity index (χ4v) is 1.53. The molecule has 1 aromatic rings. The highest BCUT2D eigenvalue weighted by Crippen LogP contribution is 2.29. The Balaban J connectivity index is 2.60. The van der Waals surface area contributed by atoms with E-state index in [0.717, 1.165) is 5.56 Å². The van der Waals surface area contributed by atoms with E-state index in [1.807, 2.05) is 6.92 Å². The molecule has 0 radical (unpaired) electrons. The van der Waals surface area contributed by atoms with Gasteiger partial charge >= 0.3 is 0 Å². The fourth-order valence-electron chi connectivity index (χ4n) is 1.53. The Labute approximate surface area is 101 Å². The van der Waals surface area contributed by atoms with Gasteiger partial charge in [-0.25, -0.2) is 0 Å². The first-order chi connectivity index (χ1) is 8.04. The van der Waals surface area contributed by atoms with Crippen LogP contribution in [0.25, 0.3) is 0 Å². The number of benzene rings is 1. The number of para-hydroxylation sites is 1. The lowest BCUT2D eigenvalue weighted by Crippen LogP contribution is -2.30. The number of aromatic hydroxyl groups is 1. The molecule has 4 N–H and O–H groups in total. The second-order valence-electron chi connectivity index (χ2n) is 3.92. The SMILES string of the molecule is COc1cccc(CNC(C)CC(N)=O)c1O. The molecule has 17 heavy (non-hydrogen) atoms. The zero-order chi connectivity index (χ0) is 12.8. The van der Waals surface area contributed by atoms with Gasteiger partial charge in [0, 0.05) is 24.6 Å². The number of phenolic OH excluding ortho intramolecular Hbond substituents is 1. The lowest BCUT2D eigenvalue weighted by atomic mass is 10.1. The lowest BCUT2D eigenvalue weighted by molar-refractivity contribution is -0.118. The molecule has 1 amide bonds. The number of nitrogens with two attached hydrogens (primary N) is 1. The van der Waals surface area contributed by atoms with Crippen molar-refractivity contribution in [3.05, 3.63) is 23.8 Å². The summed E-state index contributed by atoms with van der Waals surface area (Å²) in [6, 6.07) is 5.25. The van der Waals surface area contributed by atoms with Gasteiger partial charge in [-0.05, 0) is 13.0 Å². The third-order valence-electron chi connectivity index (χ3n) is 2.45. The van der Waals surface area contributed by atoms with E-state index in [4.69, 9.17) is 10.5 Å². The number of amides is 1. The van der Waals surface area contributed by atoms with Gasteiger partial charge in [-0.3, -0.25) is 4.79 Å². The fraction of sp³-hybridized carbons (Fsp3) is 0.417. The van der Waals surface area contributed by atoms with Crippen molar-refractivity contribution in [1.82, 2.24) is 5.32 Å². The van der Waals surface area contributed by atoms with Gasteiger partial charge in [-0.2, -0.15) is 0 Å². The van der Waals surface area contributed by atoms with E-state index >= 15 is 0 Å². The van der Waals surface area contributed by atoms with Gasteiger partial charge in [-0.1, -0.05) is 12.1 Å². The lowest BCUT2D eigenvalue weighted by Gasteiger charge is -2.13. The number of primary amides is 1. The number of rotatable bonds is 6. The van der Waals surface area contributed by atoms with Crippen molar-refractivity contribution >= 4 is 5.91 Å². The molecule has 0 aliphatic carbocycles. The van der Waals surface area contributed by atoms with Crippen LogP contribution < -0.4 is 15.8 Å². The summed E-state index contributed by atoms with van der Waals surface area (Å²) < 4.78 is 5.01. The maximum Gasteiger partial charge on any atom is 0.218 e. The maximum atomic E-state index is 10.7. The zero-order valence-corrected chi connectivity index (χ0v) is 10.1. The molecule has 0 saturated carbocycles. The number of hydrogen-bond acceptors (Lipinski definition) is 4. The molecule has 1 unspecified atom stereocenters. The van der Waals surface area contributed by atoms with Crippen molar-refractivity contribution in [1.29, 1.82) is 0 Å². The average Bonchev–Trinajstić information content (AvgIpc) is 2.27. The molecular weight excluding hydrogens is 220 g/mol. The van der Waals surface area contributed by atoms with Crippen LogP contribution in [0.3, 0.4) is 0 Å². The molecule has 0 spiro atoms. The van der Waals surface area contributed by atoms with E-state index in [1.165, 1.54) is 7.11 Å². The van der Waals surface area contributed by atoms with Crippen molar-refractivity contribution in [2.24, 2.45) is 5.73 Å². The van der Waals surface area contributed by atoms with E-state index in [-0.39, 0.29) is 24.1 Å². The minimum atomic E-state index is -0.347. The van der Waals surface area contributed by atoms with Crippen LogP contribution in [-0.4, -0.2) is 24.2 Å². The molecule has 0 bridgehead atoms. The Morgan fingerprint density at radius 3 is 2.88 bits per heavy atom. The Morgan fingerprint density at radius 2 is 2.29 bits per heavy atom. The monoisotopic (exact) mass is 238 g/mol. The first-order valence-corrected chi connectivity index (χ1v) is 5.41. The average molecular weight is 238 g/mol. The van der Waals surface area contributed by atoms with Gasteiger partial charge < -0.3 is 20.9 Å². The van der Waals surface area contributed by atoms with Gasteiger partial charge in [0.15, 0.2) is 11.5 Å². The van der Waals surface area contributed by atoms with Crippen LogP contribution >= 0.6 is 0 Å². The molecule has 0 heterocycles. The Bertz CT molecular complexity index is 393. The number of ether oxygens (including phenoxy) is 1. The van der Waals surface area contributed by atoms with E-state index in [2.05, 4.69) is 5.32 Å². The van der Waals surface area contributed by atoms with Crippen molar-refractivity contribution in [2.45, 2.75) is 25.9 Å². The third-order valence-corrected chi connectivity index (χ3v) is 2.45. The van der Waals surface area contributed by atoms with Gasteiger partial charge in [0.25, 0.3) is 0 Å². The minimum Gasteiger partial charge on any atom is -0.504 e. The minimum absolute atomic E-state index is 0.0295. The van der Waals surface area contributed by atoms with Gasteiger partial charge in [0.1, 0.15) is 0 Å². The summed E-state index contributed by atoms with van der Waals surface area (Å²) >= 11 is 0. The summed E-state index contributed by atoms with van der Waals surface area (Å²) in [6.45, 7) is 2.32. The quantitative estimate of drug-likeness (QED) is 0.683. The Hall–Kier alpha value is -1.75. The normalized spacial score (nSPS) is 12.1. The van der Waals surface area contributed by atoms with Gasteiger partial charge in [0.2, 0.25) is 5.91 Å². The largest absolute Gasteiger partial charge is 0.504 e.